The number of halogens is 1. The third kappa shape index (κ3) is 157. The van der Waals surface area contributed by atoms with Gasteiger partial charge in [-0.05, 0) is 6.92 Å². The van der Waals surface area contributed by atoms with Crippen LogP contribution in [0.15, 0.2) is 0 Å². The van der Waals surface area contributed by atoms with E-state index in [1.165, 1.54) is 0 Å². The number of amides is 2. The van der Waals surface area contributed by atoms with Crippen molar-refractivity contribution in [3.8, 4) is 0 Å². The molecule has 0 radical (unpaired) electrons. The largest absolute Gasteiger partial charge is 1.00 e. The van der Waals surface area contributed by atoms with Crippen molar-refractivity contribution in [2.75, 3.05) is 68.6 Å². The van der Waals surface area contributed by atoms with Crippen molar-refractivity contribution in [2.24, 2.45) is 11.5 Å². The predicted molar refractivity (Wildman–Crippen MR) is 84.4 cm³/mol. The molecule has 0 rings (SSSR count). The number of carbonyl (C=O) groups excluding carboxylic acids is 2. The number of rotatable bonds is 4. The molecule has 0 aliphatic carbocycles. The van der Waals surface area contributed by atoms with Gasteiger partial charge in [-0.15, -0.1) is 0 Å². The van der Waals surface area contributed by atoms with Crippen LogP contribution in [0.1, 0.15) is 6.92 Å². The number of aliphatic carboxylic acids is 1. The Hall–Kier alpha value is -1.13. The first-order valence-corrected chi connectivity index (χ1v) is 6.64. The van der Waals surface area contributed by atoms with Gasteiger partial charge in [-0.2, -0.15) is 0 Å². The zero-order valence-corrected chi connectivity index (χ0v) is 16.1. The molecule has 0 aromatic carbocycles. The number of nitrogens with two attached hydrogens (primary N) is 2. The van der Waals surface area contributed by atoms with Crippen LogP contribution in [-0.2, 0) is 4.79 Å². The van der Waals surface area contributed by atoms with E-state index in [4.69, 9.17) is 24.9 Å². The molecule has 2 amide bonds. The third-order valence-corrected chi connectivity index (χ3v) is 1.54. The fourth-order valence-corrected chi connectivity index (χ4v) is 0.600. The van der Waals surface area contributed by atoms with E-state index < -0.39 is 12.0 Å². The molecule has 0 spiro atoms. The first-order chi connectivity index (χ1) is 9.59. The average molecular weight is 363 g/mol. The Morgan fingerprint density at radius 1 is 0.870 bits per heavy atom. The second-order valence-electron chi connectivity index (χ2n) is 6.37. The van der Waals surface area contributed by atoms with Gasteiger partial charge in [0.2, 0.25) is 0 Å². The number of quaternary nitrogens is 2. The monoisotopic (exact) mass is 362 g/mol. The summed E-state index contributed by atoms with van der Waals surface area (Å²) < 4.78 is 1.69. The molecule has 0 saturated carbocycles. The molecule has 0 heterocycles. The van der Waals surface area contributed by atoms with Gasteiger partial charge in [-0.1, -0.05) is 0 Å². The normalized spacial score (nSPS) is 9.43. The van der Waals surface area contributed by atoms with Gasteiger partial charge < -0.3 is 53.0 Å². The summed E-state index contributed by atoms with van der Waals surface area (Å²) in [6, 6.07) is -0.833. The van der Waals surface area contributed by atoms with Gasteiger partial charge in [0.15, 0.2) is 0 Å². The number of urea groups is 1. The van der Waals surface area contributed by atoms with E-state index in [2.05, 4.69) is 53.8 Å². The lowest BCUT2D eigenvalue weighted by atomic mass is 10.5. The first-order valence-electron chi connectivity index (χ1n) is 6.64. The maximum Gasteiger partial charge on any atom is 0.309 e. The molecule has 9 nitrogen and oxygen atoms in total. The molecule has 23 heavy (non-hydrogen) atoms. The number of carboxylic acids is 1. The zero-order valence-electron chi connectivity index (χ0n) is 15.4. The minimum absolute atomic E-state index is 0. The van der Waals surface area contributed by atoms with E-state index in [9.17, 15) is 0 Å². The number of primary amides is 2. The van der Waals surface area contributed by atoms with Gasteiger partial charge in [0.05, 0.1) is 55.5 Å². The molecular weight excluding hydrogens is 328 g/mol. The van der Waals surface area contributed by atoms with E-state index in [1.807, 2.05) is 0 Å². The SMILES string of the molecule is CC(=O)[O-].C[N+](C)(C)CCO.C[N+](C)(C)CCO.NC(N)=O.[Cl-]. The number of nitrogens with zero attached hydrogens (tertiary/aromatic N) is 2. The van der Waals surface area contributed by atoms with Crippen LogP contribution in [0.2, 0.25) is 0 Å². The van der Waals surface area contributed by atoms with Crippen molar-refractivity contribution in [1.82, 2.24) is 0 Å². The van der Waals surface area contributed by atoms with Crippen LogP contribution in [0.3, 0.4) is 0 Å². The van der Waals surface area contributed by atoms with Gasteiger partial charge in [0.25, 0.3) is 0 Å². The van der Waals surface area contributed by atoms with Gasteiger partial charge in [0.1, 0.15) is 13.1 Å². The van der Waals surface area contributed by atoms with Gasteiger partial charge in [-0.3, -0.25) is 0 Å². The summed E-state index contributed by atoms with van der Waals surface area (Å²) >= 11 is 0. The molecule has 0 saturated heterocycles. The Morgan fingerprint density at radius 3 is 1.00 bits per heavy atom. The van der Waals surface area contributed by atoms with Crippen LogP contribution in [0, 0.1) is 0 Å². The Balaban J connectivity index is -0.0000000639. The summed E-state index contributed by atoms with van der Waals surface area (Å²) in [4.78, 5) is 17.9. The maximum atomic E-state index is 9.00. The molecule has 0 atom stereocenters. The molecule has 144 valence electrons. The topological polar surface area (TPSA) is 150 Å². The van der Waals surface area contributed by atoms with Crippen LogP contribution < -0.4 is 29.0 Å². The summed E-state index contributed by atoms with van der Waals surface area (Å²) in [5, 5.41) is 25.7. The van der Waals surface area contributed by atoms with E-state index in [0.717, 1.165) is 29.0 Å². The molecule has 6 N–H and O–H groups in total. The second-order valence-corrected chi connectivity index (χ2v) is 6.37. The number of carbonyl (C=O) groups is 2. The number of aliphatic hydroxyl groups is 2. The Labute approximate surface area is 146 Å². The molecule has 0 fully saturated rings. The Bertz CT molecular complexity index is 243. The summed E-state index contributed by atoms with van der Waals surface area (Å²) in [6.45, 7) is 3.20. The van der Waals surface area contributed by atoms with E-state index in [-0.39, 0.29) is 25.6 Å². The summed E-state index contributed by atoms with van der Waals surface area (Å²) in [5.41, 5.74) is 8.50. The zero-order chi connectivity index (χ0) is 19.0. The second kappa shape index (κ2) is 18.9. The Kier molecular flexibility index (Phi) is 27.5. The van der Waals surface area contributed by atoms with Crippen molar-refractivity contribution >= 4 is 12.0 Å². The van der Waals surface area contributed by atoms with Crippen molar-refractivity contribution in [3.63, 3.8) is 0 Å². The Morgan fingerprint density at radius 2 is 1.00 bits per heavy atom. The van der Waals surface area contributed by atoms with Gasteiger partial charge >= 0.3 is 6.03 Å². The number of hydrogen-bond donors (Lipinski definition) is 4. The fraction of sp³-hybridized carbons (Fsp3) is 0.846. The molecule has 0 aliphatic rings. The van der Waals surface area contributed by atoms with Crippen molar-refractivity contribution in [2.45, 2.75) is 6.92 Å². The quantitative estimate of drug-likeness (QED) is 0.367. The predicted octanol–water partition coefficient (Wildman–Crippen LogP) is -5.85. The number of likely N-dealkylation sites (N-methyl/N-ethyl adjacent to an activating group) is 2. The van der Waals surface area contributed by atoms with Gasteiger partial charge in [-0.25, -0.2) is 4.79 Å². The molecule has 0 aromatic rings. The van der Waals surface area contributed by atoms with Crippen LogP contribution >= 0.6 is 0 Å². The highest BCUT2D eigenvalue weighted by atomic mass is 35.5. The minimum Gasteiger partial charge on any atom is -1.00 e. The van der Waals surface area contributed by atoms with E-state index in [1.54, 1.807) is 0 Å². The lowest BCUT2D eigenvalue weighted by Gasteiger charge is -2.21. The summed E-state index contributed by atoms with van der Waals surface area (Å²) in [6.07, 6.45) is 0. The lowest BCUT2D eigenvalue weighted by molar-refractivity contribution is -0.870. The minimum atomic E-state index is -1.08. The van der Waals surface area contributed by atoms with Crippen LogP contribution in [0.25, 0.3) is 0 Å². The summed E-state index contributed by atoms with van der Waals surface area (Å²) in [5.74, 6) is -1.08. The van der Waals surface area contributed by atoms with Crippen LogP contribution in [-0.4, -0.2) is 99.8 Å². The highest BCUT2D eigenvalue weighted by Gasteiger charge is 2.02. The smallest absolute Gasteiger partial charge is 0.309 e. The highest BCUT2D eigenvalue weighted by molar-refractivity contribution is 5.69. The van der Waals surface area contributed by atoms with Crippen molar-refractivity contribution < 1.29 is 46.3 Å². The summed E-state index contributed by atoms with van der Waals surface area (Å²) in [7, 11) is 12.3. The van der Waals surface area contributed by atoms with Crippen molar-refractivity contribution in [1.29, 1.82) is 0 Å². The van der Waals surface area contributed by atoms with E-state index in [0.29, 0.717) is 0 Å². The fourth-order valence-electron chi connectivity index (χ4n) is 0.600. The number of hydrogen-bond acceptors (Lipinski definition) is 5. The molecular formula is C13H35ClN4O5. The molecule has 0 aromatic heterocycles. The average Bonchev–Trinajstić information content (AvgIpc) is 2.11. The lowest BCUT2D eigenvalue weighted by Crippen LogP contribution is -3.00. The molecule has 0 unspecified atom stereocenters. The highest BCUT2D eigenvalue weighted by Crippen LogP contribution is 1.85. The molecule has 10 heteroatoms. The van der Waals surface area contributed by atoms with E-state index >= 15 is 0 Å². The number of aliphatic hydroxyl groups excluding tert-OH is 2. The number of carboxylic acid groups (broad SMARTS) is 1. The van der Waals surface area contributed by atoms with Crippen LogP contribution in [0.4, 0.5) is 4.79 Å². The maximum absolute atomic E-state index is 9.00. The molecule has 0 bridgehead atoms. The van der Waals surface area contributed by atoms with Crippen molar-refractivity contribution in [3.05, 3.63) is 0 Å². The third-order valence-electron chi connectivity index (χ3n) is 1.54. The standard InChI is InChI=1S/2C5H14NO.C2H4O2.CH4N2O.ClH/c2*1-6(2,3)4-5-7;1-2(3)4;2-1(3)4;/h2*7H,4-5H2,1-3H3;1H3,(H,3,4);(H4,2,3,4);1H/q2*+1;;;/p-2. The van der Waals surface area contributed by atoms with Gasteiger partial charge in [0, 0.05) is 5.97 Å². The van der Waals surface area contributed by atoms with Crippen LogP contribution in [0.5, 0.6) is 0 Å². The first kappa shape index (κ1) is 33.5. The molecule has 0 aliphatic heterocycles.